The molecule has 0 N–H and O–H groups in total. The first-order valence-electron chi connectivity index (χ1n) is 5.61. The normalized spacial score (nSPS) is 31.5. The van der Waals surface area contributed by atoms with Gasteiger partial charge in [0.15, 0.2) is 0 Å². The quantitative estimate of drug-likeness (QED) is 0.582. The van der Waals surface area contributed by atoms with E-state index in [0.29, 0.717) is 0 Å². The van der Waals surface area contributed by atoms with E-state index in [-0.39, 0.29) is 0 Å². The van der Waals surface area contributed by atoms with Gasteiger partial charge in [-0.2, -0.15) is 0 Å². The van der Waals surface area contributed by atoms with Crippen LogP contribution in [0.4, 0.5) is 0 Å². The van der Waals surface area contributed by atoms with Crippen molar-refractivity contribution in [3.8, 4) is 0 Å². The summed E-state index contributed by atoms with van der Waals surface area (Å²) in [6.45, 7) is 9.53. The Balaban J connectivity index is 2.40. The van der Waals surface area contributed by atoms with E-state index in [0.717, 1.165) is 23.7 Å². The average Bonchev–Trinajstić information content (AvgIpc) is 2.04. The highest BCUT2D eigenvalue weighted by molar-refractivity contribution is 4.76. The minimum absolute atomic E-state index is 0.909. The van der Waals surface area contributed by atoms with E-state index < -0.39 is 0 Å². The standard InChI is InChI=1S/C12H24/c1-9(2)11-6-5-7-12(8-11)10(3)4/h9-12H,5-8H2,1-4H3/t11-,12-/m0/s1. The summed E-state index contributed by atoms with van der Waals surface area (Å²) in [5.41, 5.74) is 0. The van der Waals surface area contributed by atoms with Crippen LogP contribution in [0.25, 0.3) is 0 Å². The molecule has 72 valence electrons. The Labute approximate surface area is 77.7 Å². The van der Waals surface area contributed by atoms with Crippen LogP contribution in [-0.2, 0) is 0 Å². The molecule has 1 aliphatic rings. The molecule has 0 heterocycles. The summed E-state index contributed by atoms with van der Waals surface area (Å²) in [4.78, 5) is 0. The van der Waals surface area contributed by atoms with Crippen LogP contribution in [-0.4, -0.2) is 0 Å². The molecule has 0 heteroatoms. The predicted molar refractivity (Wildman–Crippen MR) is 55.1 cm³/mol. The number of rotatable bonds is 2. The zero-order valence-electron chi connectivity index (χ0n) is 9.14. The third-order valence-corrected chi connectivity index (χ3v) is 3.64. The second-order valence-corrected chi connectivity index (χ2v) is 5.17. The highest BCUT2D eigenvalue weighted by Gasteiger charge is 2.25. The van der Waals surface area contributed by atoms with Gasteiger partial charge in [0.05, 0.1) is 0 Å². The van der Waals surface area contributed by atoms with Crippen molar-refractivity contribution < 1.29 is 0 Å². The Morgan fingerprint density at radius 3 is 1.58 bits per heavy atom. The molecule has 12 heavy (non-hydrogen) atoms. The zero-order chi connectivity index (χ0) is 9.14. The van der Waals surface area contributed by atoms with Gasteiger partial charge in [-0.1, -0.05) is 47.0 Å². The van der Waals surface area contributed by atoms with Crippen LogP contribution >= 0.6 is 0 Å². The molecule has 0 saturated heterocycles. The van der Waals surface area contributed by atoms with Crippen molar-refractivity contribution in [2.45, 2.75) is 53.4 Å². The van der Waals surface area contributed by atoms with Crippen LogP contribution in [0.2, 0.25) is 0 Å². The fraction of sp³-hybridized carbons (Fsp3) is 1.00. The lowest BCUT2D eigenvalue weighted by atomic mass is 9.72. The van der Waals surface area contributed by atoms with E-state index in [1.807, 2.05) is 0 Å². The van der Waals surface area contributed by atoms with Crippen LogP contribution in [0.1, 0.15) is 53.4 Å². The molecule has 0 aromatic rings. The fourth-order valence-electron chi connectivity index (χ4n) is 2.48. The minimum Gasteiger partial charge on any atom is -0.0625 e. The van der Waals surface area contributed by atoms with E-state index in [9.17, 15) is 0 Å². The van der Waals surface area contributed by atoms with E-state index in [1.54, 1.807) is 0 Å². The molecule has 0 bridgehead atoms. The van der Waals surface area contributed by atoms with Gasteiger partial charge in [-0.15, -0.1) is 0 Å². The molecular formula is C12H24. The molecule has 1 rings (SSSR count). The highest BCUT2D eigenvalue weighted by Crippen LogP contribution is 2.36. The summed E-state index contributed by atoms with van der Waals surface area (Å²) >= 11 is 0. The second-order valence-electron chi connectivity index (χ2n) is 5.17. The zero-order valence-corrected chi connectivity index (χ0v) is 9.14. The van der Waals surface area contributed by atoms with Crippen LogP contribution in [0.5, 0.6) is 0 Å². The van der Waals surface area contributed by atoms with Gasteiger partial charge in [0.25, 0.3) is 0 Å². The summed E-state index contributed by atoms with van der Waals surface area (Å²) < 4.78 is 0. The molecule has 0 aliphatic heterocycles. The van der Waals surface area contributed by atoms with Crippen LogP contribution < -0.4 is 0 Å². The topological polar surface area (TPSA) is 0 Å². The average molecular weight is 168 g/mol. The molecule has 0 unspecified atom stereocenters. The smallest absolute Gasteiger partial charge is 0.0388 e. The lowest BCUT2D eigenvalue weighted by molar-refractivity contribution is 0.177. The van der Waals surface area contributed by atoms with Crippen molar-refractivity contribution in [2.75, 3.05) is 0 Å². The Morgan fingerprint density at radius 1 is 0.833 bits per heavy atom. The van der Waals surface area contributed by atoms with Gasteiger partial charge >= 0.3 is 0 Å². The van der Waals surface area contributed by atoms with Crippen molar-refractivity contribution in [2.24, 2.45) is 23.7 Å². The van der Waals surface area contributed by atoms with Gasteiger partial charge < -0.3 is 0 Å². The third-order valence-electron chi connectivity index (χ3n) is 3.64. The number of hydrogen-bond donors (Lipinski definition) is 0. The van der Waals surface area contributed by atoms with Crippen molar-refractivity contribution >= 4 is 0 Å². The molecular weight excluding hydrogens is 144 g/mol. The monoisotopic (exact) mass is 168 g/mol. The van der Waals surface area contributed by atoms with Crippen molar-refractivity contribution in [3.05, 3.63) is 0 Å². The first kappa shape index (κ1) is 10.1. The third kappa shape index (κ3) is 2.50. The Bertz CT molecular complexity index is 110. The molecule has 2 atom stereocenters. The van der Waals surface area contributed by atoms with Gasteiger partial charge in [-0.3, -0.25) is 0 Å². The van der Waals surface area contributed by atoms with Crippen LogP contribution in [0.3, 0.4) is 0 Å². The van der Waals surface area contributed by atoms with E-state index in [1.165, 1.54) is 25.7 Å². The molecule has 1 aliphatic carbocycles. The Morgan fingerprint density at radius 2 is 1.25 bits per heavy atom. The molecule has 0 nitrogen and oxygen atoms in total. The Hall–Kier alpha value is 0. The summed E-state index contributed by atoms with van der Waals surface area (Å²) in [5.74, 6) is 3.86. The molecule has 0 aromatic carbocycles. The molecule has 0 aromatic heterocycles. The molecule has 1 fully saturated rings. The second kappa shape index (κ2) is 4.30. The largest absolute Gasteiger partial charge is 0.0625 e. The van der Waals surface area contributed by atoms with Gasteiger partial charge in [0.1, 0.15) is 0 Å². The predicted octanol–water partition coefficient (Wildman–Crippen LogP) is 4.10. The summed E-state index contributed by atoms with van der Waals surface area (Å²) in [7, 11) is 0. The van der Waals surface area contributed by atoms with E-state index in [4.69, 9.17) is 0 Å². The first-order valence-corrected chi connectivity index (χ1v) is 5.61. The Kier molecular flexibility index (Phi) is 3.61. The summed E-state index contributed by atoms with van der Waals surface area (Å²) in [6.07, 6.45) is 5.95. The highest BCUT2D eigenvalue weighted by atomic mass is 14.3. The SMILES string of the molecule is CC(C)[C@H]1CCC[C@H](C(C)C)C1. The molecule has 0 amide bonds. The lowest BCUT2D eigenvalue weighted by Gasteiger charge is -2.33. The van der Waals surface area contributed by atoms with Gasteiger partial charge in [-0.05, 0) is 30.1 Å². The van der Waals surface area contributed by atoms with E-state index in [2.05, 4.69) is 27.7 Å². The maximum atomic E-state index is 2.38. The van der Waals surface area contributed by atoms with Crippen LogP contribution in [0.15, 0.2) is 0 Å². The summed E-state index contributed by atoms with van der Waals surface area (Å²) in [6, 6.07) is 0. The summed E-state index contributed by atoms with van der Waals surface area (Å²) in [5, 5.41) is 0. The van der Waals surface area contributed by atoms with Gasteiger partial charge in [0, 0.05) is 0 Å². The first-order chi connectivity index (χ1) is 5.61. The minimum atomic E-state index is 0.909. The maximum absolute atomic E-state index is 2.38. The van der Waals surface area contributed by atoms with Crippen molar-refractivity contribution in [3.63, 3.8) is 0 Å². The van der Waals surface area contributed by atoms with Gasteiger partial charge in [-0.25, -0.2) is 0 Å². The van der Waals surface area contributed by atoms with Crippen molar-refractivity contribution in [1.82, 2.24) is 0 Å². The van der Waals surface area contributed by atoms with Crippen molar-refractivity contribution in [1.29, 1.82) is 0 Å². The van der Waals surface area contributed by atoms with Crippen LogP contribution in [0, 0.1) is 23.7 Å². The van der Waals surface area contributed by atoms with Gasteiger partial charge in [0.2, 0.25) is 0 Å². The number of hydrogen-bond acceptors (Lipinski definition) is 0. The molecule has 0 spiro atoms. The van der Waals surface area contributed by atoms with E-state index >= 15 is 0 Å². The molecule has 1 saturated carbocycles. The lowest BCUT2D eigenvalue weighted by Crippen LogP contribution is -2.22. The maximum Gasteiger partial charge on any atom is -0.0388 e. The molecule has 0 radical (unpaired) electrons. The fourth-order valence-corrected chi connectivity index (χ4v) is 2.48.